The highest BCUT2D eigenvalue weighted by molar-refractivity contribution is 5.82. The standard InChI is InChI=1S/C10H13N3O3/c11-9(15)8-4-13(8)3-6-1-2-7(5-14)12-10(6)16/h1-2,8,14H,3-5H2,(H2,11,15)(H,12,16). The molecule has 2 unspecified atom stereocenters. The minimum atomic E-state index is -0.348. The summed E-state index contributed by atoms with van der Waals surface area (Å²) in [5.41, 5.74) is 6.17. The van der Waals surface area contributed by atoms with Crippen LogP contribution in [0.4, 0.5) is 0 Å². The smallest absolute Gasteiger partial charge is 0.236 e. The van der Waals surface area contributed by atoms with E-state index in [1.54, 1.807) is 12.1 Å². The van der Waals surface area contributed by atoms with Crippen molar-refractivity contribution < 1.29 is 15.0 Å². The highest BCUT2D eigenvalue weighted by Gasteiger charge is 2.38. The third-order valence-corrected chi connectivity index (χ3v) is 2.59. The van der Waals surface area contributed by atoms with Gasteiger partial charge in [0.05, 0.1) is 12.3 Å². The van der Waals surface area contributed by atoms with E-state index < -0.39 is 0 Å². The lowest BCUT2D eigenvalue weighted by Gasteiger charge is -2.05. The largest absolute Gasteiger partial charge is 0.493 e. The molecule has 1 saturated heterocycles. The van der Waals surface area contributed by atoms with Crippen LogP contribution in [-0.2, 0) is 17.9 Å². The Hall–Kier alpha value is -1.66. The fourth-order valence-electron chi connectivity index (χ4n) is 1.57. The second-order valence-corrected chi connectivity index (χ2v) is 3.79. The van der Waals surface area contributed by atoms with Crippen LogP contribution in [0.3, 0.4) is 0 Å². The van der Waals surface area contributed by atoms with Crippen molar-refractivity contribution in [2.24, 2.45) is 5.73 Å². The van der Waals surface area contributed by atoms with Gasteiger partial charge in [-0.25, -0.2) is 4.98 Å². The SMILES string of the molecule is NC(=O)C1CN1Cc1ccc(CO)nc1O. The number of aromatic hydroxyl groups is 1. The maximum absolute atomic E-state index is 10.8. The predicted molar refractivity (Wildman–Crippen MR) is 55.2 cm³/mol. The molecule has 6 heteroatoms. The maximum Gasteiger partial charge on any atom is 0.236 e. The molecule has 2 heterocycles. The van der Waals surface area contributed by atoms with Gasteiger partial charge in [0.2, 0.25) is 11.8 Å². The molecular weight excluding hydrogens is 210 g/mol. The number of nitrogens with zero attached hydrogens (tertiary/aromatic N) is 2. The van der Waals surface area contributed by atoms with E-state index in [0.717, 1.165) is 0 Å². The zero-order valence-electron chi connectivity index (χ0n) is 8.63. The molecule has 1 aliphatic heterocycles. The maximum atomic E-state index is 10.8. The van der Waals surface area contributed by atoms with Gasteiger partial charge in [0.15, 0.2) is 0 Å². The Labute approximate surface area is 92.3 Å². The van der Waals surface area contributed by atoms with E-state index in [9.17, 15) is 9.90 Å². The number of primary amides is 1. The van der Waals surface area contributed by atoms with Crippen LogP contribution in [-0.4, -0.2) is 38.6 Å². The summed E-state index contributed by atoms with van der Waals surface area (Å²) in [5, 5.41) is 18.4. The minimum absolute atomic E-state index is 0.110. The van der Waals surface area contributed by atoms with E-state index in [1.807, 2.05) is 4.90 Å². The third-order valence-electron chi connectivity index (χ3n) is 2.59. The second kappa shape index (κ2) is 4.07. The second-order valence-electron chi connectivity index (χ2n) is 3.79. The van der Waals surface area contributed by atoms with Crippen LogP contribution in [0.1, 0.15) is 11.3 Å². The molecule has 0 bridgehead atoms. The Morgan fingerprint density at radius 2 is 2.38 bits per heavy atom. The highest BCUT2D eigenvalue weighted by atomic mass is 16.3. The number of nitrogens with two attached hydrogens (primary N) is 1. The predicted octanol–water partition coefficient (Wildman–Crippen LogP) is -1.05. The summed E-state index contributed by atoms with van der Waals surface area (Å²) in [5.74, 6) is -0.457. The summed E-state index contributed by atoms with van der Waals surface area (Å²) >= 11 is 0. The number of rotatable bonds is 4. The average molecular weight is 223 g/mol. The van der Waals surface area contributed by atoms with E-state index in [1.165, 1.54) is 0 Å². The quantitative estimate of drug-likeness (QED) is 0.565. The van der Waals surface area contributed by atoms with Crippen LogP contribution in [0.5, 0.6) is 5.88 Å². The Bertz CT molecular complexity index is 422. The molecule has 0 aromatic carbocycles. The molecule has 0 aliphatic carbocycles. The summed E-state index contributed by atoms with van der Waals surface area (Å²) in [6.07, 6.45) is 0. The Kier molecular flexibility index (Phi) is 2.76. The number of aromatic nitrogens is 1. The molecule has 2 rings (SSSR count). The van der Waals surface area contributed by atoms with E-state index >= 15 is 0 Å². The van der Waals surface area contributed by atoms with Gasteiger partial charge in [-0.15, -0.1) is 0 Å². The summed E-state index contributed by atoms with van der Waals surface area (Å²) < 4.78 is 0. The molecule has 4 N–H and O–H groups in total. The lowest BCUT2D eigenvalue weighted by molar-refractivity contribution is -0.118. The molecule has 0 spiro atoms. The molecule has 1 amide bonds. The molecule has 2 atom stereocenters. The van der Waals surface area contributed by atoms with Crippen LogP contribution in [0.2, 0.25) is 0 Å². The van der Waals surface area contributed by atoms with E-state index in [2.05, 4.69) is 4.98 Å². The van der Waals surface area contributed by atoms with Crippen molar-refractivity contribution in [1.82, 2.24) is 9.88 Å². The van der Waals surface area contributed by atoms with Crippen LogP contribution < -0.4 is 5.73 Å². The van der Waals surface area contributed by atoms with Gasteiger partial charge in [-0.3, -0.25) is 9.69 Å². The van der Waals surface area contributed by atoms with Crippen LogP contribution in [0.15, 0.2) is 12.1 Å². The molecule has 1 aromatic heterocycles. The van der Waals surface area contributed by atoms with Crippen molar-refractivity contribution in [1.29, 1.82) is 0 Å². The Morgan fingerprint density at radius 3 is 2.88 bits per heavy atom. The zero-order valence-corrected chi connectivity index (χ0v) is 8.63. The molecule has 1 aromatic rings. The van der Waals surface area contributed by atoms with Gasteiger partial charge >= 0.3 is 0 Å². The molecule has 0 saturated carbocycles. The Balaban J connectivity index is 2.03. The lowest BCUT2D eigenvalue weighted by atomic mass is 10.2. The van der Waals surface area contributed by atoms with Crippen LogP contribution in [0, 0.1) is 0 Å². The van der Waals surface area contributed by atoms with Crippen LogP contribution >= 0.6 is 0 Å². The number of carbonyl (C=O) groups is 1. The molecule has 16 heavy (non-hydrogen) atoms. The summed E-state index contributed by atoms with van der Waals surface area (Å²) in [4.78, 5) is 16.5. The highest BCUT2D eigenvalue weighted by Crippen LogP contribution is 2.24. The van der Waals surface area contributed by atoms with Gasteiger partial charge in [-0.2, -0.15) is 0 Å². The van der Waals surface area contributed by atoms with Crippen molar-refractivity contribution in [2.45, 2.75) is 19.2 Å². The first-order valence-corrected chi connectivity index (χ1v) is 4.94. The monoisotopic (exact) mass is 223 g/mol. The van der Waals surface area contributed by atoms with E-state index in [4.69, 9.17) is 10.8 Å². The number of hydrogen-bond donors (Lipinski definition) is 3. The molecular formula is C10H13N3O3. The number of carbonyl (C=O) groups excluding carboxylic acids is 1. The van der Waals surface area contributed by atoms with Crippen molar-refractivity contribution in [3.05, 3.63) is 23.4 Å². The third kappa shape index (κ3) is 2.12. The van der Waals surface area contributed by atoms with Gasteiger partial charge in [0.25, 0.3) is 0 Å². The summed E-state index contributed by atoms with van der Waals surface area (Å²) in [6, 6.07) is 3.10. The molecule has 1 fully saturated rings. The minimum Gasteiger partial charge on any atom is -0.493 e. The first-order chi connectivity index (χ1) is 7.61. The first-order valence-electron chi connectivity index (χ1n) is 4.94. The number of hydrogen-bond acceptors (Lipinski definition) is 5. The normalized spacial score (nSPS) is 23.1. The fourth-order valence-corrected chi connectivity index (χ4v) is 1.57. The van der Waals surface area contributed by atoms with E-state index in [-0.39, 0.29) is 24.4 Å². The van der Waals surface area contributed by atoms with Gasteiger partial charge in [-0.1, -0.05) is 6.07 Å². The first kappa shape index (κ1) is 10.8. The topological polar surface area (TPSA) is 99.5 Å². The lowest BCUT2D eigenvalue weighted by Crippen LogP contribution is -2.21. The van der Waals surface area contributed by atoms with Crippen molar-refractivity contribution in [3.63, 3.8) is 0 Å². The zero-order chi connectivity index (χ0) is 11.7. The van der Waals surface area contributed by atoms with Gasteiger partial charge in [-0.05, 0) is 6.07 Å². The number of aliphatic hydroxyl groups excluding tert-OH is 1. The van der Waals surface area contributed by atoms with Crippen molar-refractivity contribution in [2.75, 3.05) is 6.54 Å². The Morgan fingerprint density at radius 1 is 1.62 bits per heavy atom. The summed E-state index contributed by atoms with van der Waals surface area (Å²) in [7, 11) is 0. The fraction of sp³-hybridized carbons (Fsp3) is 0.400. The molecule has 1 aliphatic rings. The number of aliphatic hydroxyl groups is 1. The van der Waals surface area contributed by atoms with Gasteiger partial charge < -0.3 is 15.9 Å². The molecule has 6 nitrogen and oxygen atoms in total. The summed E-state index contributed by atoms with van der Waals surface area (Å²) in [6.45, 7) is 0.857. The van der Waals surface area contributed by atoms with Gasteiger partial charge in [0.1, 0.15) is 6.04 Å². The molecule has 86 valence electrons. The molecule has 0 radical (unpaired) electrons. The number of pyridine rings is 1. The van der Waals surface area contributed by atoms with Crippen LogP contribution in [0.25, 0.3) is 0 Å². The van der Waals surface area contributed by atoms with E-state index in [0.29, 0.717) is 24.3 Å². The average Bonchev–Trinajstić information content (AvgIpc) is 3.00. The van der Waals surface area contributed by atoms with Crippen molar-refractivity contribution in [3.8, 4) is 5.88 Å². The van der Waals surface area contributed by atoms with Crippen molar-refractivity contribution >= 4 is 5.91 Å². The number of amides is 1. The van der Waals surface area contributed by atoms with Gasteiger partial charge in [0, 0.05) is 18.7 Å².